The van der Waals surface area contributed by atoms with Crippen molar-refractivity contribution in [1.29, 1.82) is 0 Å². The SMILES string of the molecule is FC(F)Oc1cnnc(Oc2cccc(C(F)(F)F)c2)c1. The van der Waals surface area contributed by atoms with Crippen molar-refractivity contribution in [2.45, 2.75) is 12.8 Å². The third-order valence-corrected chi connectivity index (χ3v) is 2.22. The topological polar surface area (TPSA) is 44.2 Å². The average Bonchev–Trinajstić information content (AvgIpc) is 2.37. The van der Waals surface area contributed by atoms with Gasteiger partial charge in [0.05, 0.1) is 11.8 Å². The summed E-state index contributed by atoms with van der Waals surface area (Å²) in [6, 6.07) is 5.01. The fourth-order valence-corrected chi connectivity index (χ4v) is 1.40. The molecule has 2 aromatic rings. The standard InChI is InChI=1S/C12H7F5N2O2/c13-11(14)21-9-5-10(19-18-6-9)20-8-3-1-2-7(4-8)12(15,16)17/h1-6,11H. The lowest BCUT2D eigenvalue weighted by molar-refractivity contribution is -0.137. The monoisotopic (exact) mass is 306 g/mol. The number of nitrogens with zero attached hydrogens (tertiary/aromatic N) is 2. The van der Waals surface area contributed by atoms with Gasteiger partial charge in [-0.15, -0.1) is 5.10 Å². The van der Waals surface area contributed by atoms with Crippen molar-refractivity contribution in [3.63, 3.8) is 0 Å². The Kier molecular flexibility index (Phi) is 4.20. The van der Waals surface area contributed by atoms with E-state index < -0.39 is 18.4 Å². The minimum Gasteiger partial charge on any atom is -0.437 e. The van der Waals surface area contributed by atoms with Gasteiger partial charge in [0.2, 0.25) is 5.88 Å². The molecule has 21 heavy (non-hydrogen) atoms. The summed E-state index contributed by atoms with van der Waals surface area (Å²) in [6.45, 7) is -3.06. The quantitative estimate of drug-likeness (QED) is 0.804. The van der Waals surface area contributed by atoms with Crippen LogP contribution < -0.4 is 9.47 Å². The lowest BCUT2D eigenvalue weighted by Gasteiger charge is -2.09. The normalized spacial score (nSPS) is 11.5. The molecule has 1 heterocycles. The van der Waals surface area contributed by atoms with Crippen molar-refractivity contribution in [1.82, 2.24) is 10.2 Å². The number of aromatic nitrogens is 2. The smallest absolute Gasteiger partial charge is 0.416 e. The number of rotatable bonds is 4. The van der Waals surface area contributed by atoms with E-state index in [9.17, 15) is 22.0 Å². The minimum atomic E-state index is -4.52. The van der Waals surface area contributed by atoms with E-state index in [0.29, 0.717) is 0 Å². The van der Waals surface area contributed by atoms with Crippen LogP contribution in [0, 0.1) is 0 Å². The zero-order valence-corrected chi connectivity index (χ0v) is 10.1. The molecule has 0 amide bonds. The van der Waals surface area contributed by atoms with E-state index in [-0.39, 0.29) is 17.4 Å². The summed E-state index contributed by atoms with van der Waals surface area (Å²) < 4.78 is 70.7. The Labute approximate surface area is 115 Å². The third kappa shape index (κ3) is 4.26. The van der Waals surface area contributed by atoms with Gasteiger partial charge in [0.1, 0.15) is 5.75 Å². The molecule has 0 aliphatic carbocycles. The molecule has 112 valence electrons. The van der Waals surface area contributed by atoms with Crippen LogP contribution in [0.5, 0.6) is 17.4 Å². The van der Waals surface area contributed by atoms with Crippen LogP contribution in [0.15, 0.2) is 36.5 Å². The van der Waals surface area contributed by atoms with Gasteiger partial charge in [-0.2, -0.15) is 27.1 Å². The van der Waals surface area contributed by atoms with Crippen LogP contribution in [-0.4, -0.2) is 16.8 Å². The van der Waals surface area contributed by atoms with Gasteiger partial charge < -0.3 is 9.47 Å². The number of alkyl halides is 5. The molecule has 2 rings (SSSR count). The molecular weight excluding hydrogens is 299 g/mol. The first-order valence-corrected chi connectivity index (χ1v) is 5.47. The predicted molar refractivity (Wildman–Crippen MR) is 60.2 cm³/mol. The van der Waals surface area contributed by atoms with Gasteiger partial charge in [-0.05, 0) is 18.2 Å². The van der Waals surface area contributed by atoms with Crippen LogP contribution in [0.25, 0.3) is 0 Å². The van der Waals surface area contributed by atoms with Crippen molar-refractivity contribution >= 4 is 0 Å². The largest absolute Gasteiger partial charge is 0.437 e. The predicted octanol–water partition coefficient (Wildman–Crippen LogP) is 3.89. The maximum Gasteiger partial charge on any atom is 0.416 e. The van der Waals surface area contributed by atoms with Crippen molar-refractivity contribution in [3.8, 4) is 17.4 Å². The van der Waals surface area contributed by atoms with Crippen LogP contribution in [0.4, 0.5) is 22.0 Å². The highest BCUT2D eigenvalue weighted by Gasteiger charge is 2.30. The van der Waals surface area contributed by atoms with Crippen LogP contribution in [0.1, 0.15) is 5.56 Å². The highest BCUT2D eigenvalue weighted by atomic mass is 19.4. The van der Waals surface area contributed by atoms with Crippen molar-refractivity contribution in [2.24, 2.45) is 0 Å². The molecule has 0 aliphatic rings. The van der Waals surface area contributed by atoms with Gasteiger partial charge >= 0.3 is 12.8 Å². The lowest BCUT2D eigenvalue weighted by Crippen LogP contribution is -2.05. The summed E-state index contributed by atoms with van der Waals surface area (Å²) in [4.78, 5) is 0. The first-order valence-electron chi connectivity index (χ1n) is 5.47. The van der Waals surface area contributed by atoms with Crippen LogP contribution >= 0.6 is 0 Å². The fraction of sp³-hybridized carbons (Fsp3) is 0.167. The fourth-order valence-electron chi connectivity index (χ4n) is 1.40. The van der Waals surface area contributed by atoms with Crippen molar-refractivity contribution in [3.05, 3.63) is 42.1 Å². The molecule has 0 fully saturated rings. The van der Waals surface area contributed by atoms with Crippen LogP contribution in [0.2, 0.25) is 0 Å². The van der Waals surface area contributed by atoms with Crippen LogP contribution in [0.3, 0.4) is 0 Å². The summed E-state index contributed by atoms with van der Waals surface area (Å²) in [5.74, 6) is -0.747. The summed E-state index contributed by atoms with van der Waals surface area (Å²) in [5, 5.41) is 6.80. The first kappa shape index (κ1) is 14.9. The number of halogens is 5. The lowest BCUT2D eigenvalue weighted by atomic mass is 10.2. The summed E-state index contributed by atoms with van der Waals surface area (Å²) >= 11 is 0. The molecule has 0 atom stereocenters. The van der Waals surface area contributed by atoms with Gasteiger partial charge in [0.15, 0.2) is 5.75 Å². The molecule has 0 spiro atoms. The molecule has 1 aromatic heterocycles. The molecule has 0 aliphatic heterocycles. The van der Waals surface area contributed by atoms with E-state index in [1.165, 1.54) is 6.07 Å². The Balaban J connectivity index is 2.18. The molecule has 0 saturated heterocycles. The third-order valence-electron chi connectivity index (χ3n) is 2.22. The van der Waals surface area contributed by atoms with E-state index in [0.717, 1.165) is 30.5 Å². The van der Waals surface area contributed by atoms with E-state index in [4.69, 9.17) is 4.74 Å². The highest BCUT2D eigenvalue weighted by Crippen LogP contribution is 2.32. The maximum absolute atomic E-state index is 12.5. The Morgan fingerprint density at radius 2 is 1.81 bits per heavy atom. The molecule has 0 unspecified atom stereocenters. The second-order valence-electron chi connectivity index (χ2n) is 3.74. The summed E-state index contributed by atoms with van der Waals surface area (Å²) in [7, 11) is 0. The number of ether oxygens (including phenoxy) is 2. The first-order chi connectivity index (χ1) is 9.84. The second kappa shape index (κ2) is 5.90. The molecular formula is C12H7F5N2O2. The second-order valence-corrected chi connectivity index (χ2v) is 3.74. The maximum atomic E-state index is 12.5. The zero-order chi connectivity index (χ0) is 15.5. The van der Waals surface area contributed by atoms with Gasteiger partial charge in [-0.1, -0.05) is 6.07 Å². The molecule has 9 heteroatoms. The van der Waals surface area contributed by atoms with Crippen LogP contribution in [-0.2, 0) is 6.18 Å². The van der Waals surface area contributed by atoms with E-state index >= 15 is 0 Å². The van der Waals surface area contributed by atoms with Gasteiger partial charge in [0, 0.05) is 6.07 Å². The summed E-state index contributed by atoms with van der Waals surface area (Å²) in [6.07, 6.45) is -3.60. The van der Waals surface area contributed by atoms with Gasteiger partial charge in [0.25, 0.3) is 0 Å². The molecule has 0 bridgehead atoms. The molecule has 0 N–H and O–H groups in total. The Hall–Kier alpha value is -2.45. The Bertz CT molecular complexity index is 619. The Morgan fingerprint density at radius 3 is 2.48 bits per heavy atom. The molecule has 0 radical (unpaired) electrons. The Morgan fingerprint density at radius 1 is 1.05 bits per heavy atom. The molecule has 1 aromatic carbocycles. The summed E-state index contributed by atoms with van der Waals surface area (Å²) in [5.41, 5.74) is -0.909. The number of hydrogen-bond donors (Lipinski definition) is 0. The zero-order valence-electron chi connectivity index (χ0n) is 10.1. The van der Waals surface area contributed by atoms with Gasteiger partial charge in [-0.3, -0.25) is 0 Å². The van der Waals surface area contributed by atoms with E-state index in [1.54, 1.807) is 0 Å². The average molecular weight is 306 g/mol. The molecule has 4 nitrogen and oxygen atoms in total. The molecule has 0 saturated carbocycles. The highest BCUT2D eigenvalue weighted by molar-refractivity contribution is 5.34. The number of benzene rings is 1. The van der Waals surface area contributed by atoms with Gasteiger partial charge in [-0.25, -0.2) is 0 Å². The van der Waals surface area contributed by atoms with E-state index in [2.05, 4.69) is 14.9 Å². The van der Waals surface area contributed by atoms with E-state index in [1.807, 2.05) is 0 Å². The van der Waals surface area contributed by atoms with Crippen molar-refractivity contribution < 1.29 is 31.4 Å². The minimum absolute atomic E-state index is 0.159. The number of hydrogen-bond acceptors (Lipinski definition) is 4. The van der Waals surface area contributed by atoms with Crippen molar-refractivity contribution in [2.75, 3.05) is 0 Å².